The van der Waals surface area contributed by atoms with E-state index in [0.29, 0.717) is 22.3 Å². The molecule has 0 bridgehead atoms. The minimum absolute atomic E-state index is 0.0207. The van der Waals surface area contributed by atoms with Crippen LogP contribution < -0.4 is 11.2 Å². The van der Waals surface area contributed by atoms with Gasteiger partial charge in [-0.25, -0.2) is 9.18 Å². The third-order valence-corrected chi connectivity index (χ3v) is 7.87. The highest BCUT2D eigenvalue weighted by Gasteiger charge is 2.29. The topological polar surface area (TPSA) is 64.3 Å². The van der Waals surface area contributed by atoms with Crippen LogP contribution >= 0.6 is 11.3 Å². The van der Waals surface area contributed by atoms with Crippen LogP contribution in [-0.4, -0.2) is 33.5 Å². The van der Waals surface area contributed by atoms with E-state index in [9.17, 15) is 18.8 Å². The molecule has 1 aromatic carbocycles. The summed E-state index contributed by atoms with van der Waals surface area (Å²) < 4.78 is 17.6. The molecule has 0 atom stereocenters. The number of fused-ring (bicyclic) bond motifs is 1. The molecule has 1 fully saturated rings. The second kappa shape index (κ2) is 10.7. The van der Waals surface area contributed by atoms with Crippen LogP contribution in [0.4, 0.5) is 4.39 Å². The zero-order valence-corrected chi connectivity index (χ0v) is 20.7. The predicted molar refractivity (Wildman–Crippen MR) is 134 cm³/mol. The highest BCUT2D eigenvalue weighted by Crippen LogP contribution is 2.31. The lowest BCUT2D eigenvalue weighted by Gasteiger charge is -2.30. The summed E-state index contributed by atoms with van der Waals surface area (Å²) in [5.41, 5.74) is 0.270. The number of hydrogen-bond donors (Lipinski definition) is 0. The van der Waals surface area contributed by atoms with Gasteiger partial charge in [0.1, 0.15) is 10.5 Å². The number of carbonyl (C=O) groups is 1. The van der Waals surface area contributed by atoms with E-state index in [-0.39, 0.29) is 35.7 Å². The highest BCUT2D eigenvalue weighted by atomic mass is 32.1. The van der Waals surface area contributed by atoms with Crippen molar-refractivity contribution in [3.05, 3.63) is 67.9 Å². The van der Waals surface area contributed by atoms with Crippen LogP contribution in [0.5, 0.6) is 0 Å². The largest absolute Gasteiger partial charge is 0.346 e. The number of benzene rings is 1. The Morgan fingerprint density at radius 1 is 1.12 bits per heavy atom. The Morgan fingerprint density at radius 2 is 1.85 bits per heavy atom. The molecule has 0 unspecified atom stereocenters. The number of unbranched alkanes of at least 4 members (excludes halogenated alkanes) is 1. The molecule has 6 nitrogen and oxygen atoms in total. The van der Waals surface area contributed by atoms with Crippen molar-refractivity contribution in [1.29, 1.82) is 0 Å². The molecular formula is C26H32FN3O3S. The average Bonchev–Trinajstić information content (AvgIpc) is 3.34. The molecule has 1 aliphatic rings. The Balaban J connectivity index is 1.53. The monoisotopic (exact) mass is 485 g/mol. The third-order valence-electron chi connectivity index (χ3n) is 6.98. The average molecular weight is 486 g/mol. The Morgan fingerprint density at radius 3 is 2.56 bits per heavy atom. The molecule has 2 aromatic heterocycles. The maximum absolute atomic E-state index is 14.3. The molecule has 2 heterocycles. The molecule has 0 N–H and O–H groups in total. The number of amides is 1. The number of carbonyl (C=O) groups excluding carboxylic acids is 1. The van der Waals surface area contributed by atoms with Crippen molar-refractivity contribution in [2.45, 2.75) is 58.5 Å². The third kappa shape index (κ3) is 5.02. The Kier molecular flexibility index (Phi) is 7.66. The number of aromatic nitrogens is 2. The first-order chi connectivity index (χ1) is 16.4. The minimum atomic E-state index is -0.406. The SMILES string of the molecule is CCCCN(C)C(=O)C1CCC(Cn2c(=O)c3sccc3n(Cc3ccccc3F)c2=O)CC1. The lowest BCUT2D eigenvalue weighted by Crippen LogP contribution is -2.42. The van der Waals surface area contributed by atoms with Gasteiger partial charge in [-0.1, -0.05) is 31.5 Å². The van der Waals surface area contributed by atoms with Gasteiger partial charge in [-0.15, -0.1) is 11.3 Å². The smallest absolute Gasteiger partial charge is 0.331 e. The van der Waals surface area contributed by atoms with Gasteiger partial charge in [0.25, 0.3) is 5.56 Å². The second-order valence-corrected chi connectivity index (χ2v) is 10.3. The van der Waals surface area contributed by atoms with Crippen LogP contribution in [0.1, 0.15) is 51.0 Å². The summed E-state index contributed by atoms with van der Waals surface area (Å²) in [5, 5.41) is 1.79. The van der Waals surface area contributed by atoms with E-state index in [1.807, 2.05) is 11.9 Å². The Bertz CT molecular complexity index is 1270. The van der Waals surface area contributed by atoms with Gasteiger partial charge in [0.2, 0.25) is 5.91 Å². The summed E-state index contributed by atoms with van der Waals surface area (Å²) in [4.78, 5) is 41.1. The van der Waals surface area contributed by atoms with Gasteiger partial charge in [0.15, 0.2) is 0 Å². The molecule has 1 amide bonds. The van der Waals surface area contributed by atoms with Crippen molar-refractivity contribution >= 4 is 27.5 Å². The molecule has 8 heteroatoms. The molecule has 0 aliphatic heterocycles. The van der Waals surface area contributed by atoms with Crippen molar-refractivity contribution in [3.8, 4) is 0 Å². The van der Waals surface area contributed by atoms with Crippen LogP contribution in [0, 0.1) is 17.7 Å². The molecule has 0 saturated heterocycles. The minimum Gasteiger partial charge on any atom is -0.346 e. The van der Waals surface area contributed by atoms with Crippen molar-refractivity contribution in [2.75, 3.05) is 13.6 Å². The highest BCUT2D eigenvalue weighted by molar-refractivity contribution is 7.17. The van der Waals surface area contributed by atoms with E-state index >= 15 is 0 Å². The second-order valence-electron chi connectivity index (χ2n) is 9.34. The first-order valence-corrected chi connectivity index (χ1v) is 13.0. The summed E-state index contributed by atoms with van der Waals surface area (Å²) in [5.74, 6) is 0.0146. The van der Waals surface area contributed by atoms with Gasteiger partial charge in [-0.3, -0.25) is 18.7 Å². The van der Waals surface area contributed by atoms with E-state index in [2.05, 4.69) is 6.92 Å². The van der Waals surface area contributed by atoms with Gasteiger partial charge in [0, 0.05) is 31.6 Å². The Hall–Kier alpha value is -2.74. The van der Waals surface area contributed by atoms with Gasteiger partial charge in [-0.05, 0) is 55.5 Å². The van der Waals surface area contributed by atoms with Crippen molar-refractivity contribution in [2.24, 2.45) is 11.8 Å². The fraction of sp³-hybridized carbons (Fsp3) is 0.500. The lowest BCUT2D eigenvalue weighted by molar-refractivity contribution is -0.135. The number of nitrogens with zero attached hydrogens (tertiary/aromatic N) is 3. The van der Waals surface area contributed by atoms with E-state index in [4.69, 9.17) is 0 Å². The molecule has 4 rings (SSSR count). The fourth-order valence-corrected chi connectivity index (χ4v) is 5.75. The zero-order valence-electron chi connectivity index (χ0n) is 19.8. The fourth-order valence-electron chi connectivity index (χ4n) is 4.91. The summed E-state index contributed by atoms with van der Waals surface area (Å²) in [6.45, 7) is 3.30. The van der Waals surface area contributed by atoms with Crippen LogP contribution in [0.25, 0.3) is 10.2 Å². The van der Waals surface area contributed by atoms with E-state index in [1.54, 1.807) is 29.6 Å². The Labute approximate surface area is 202 Å². The molecule has 3 aromatic rings. The van der Waals surface area contributed by atoms with Crippen LogP contribution in [-0.2, 0) is 17.9 Å². The molecular weight excluding hydrogens is 453 g/mol. The van der Waals surface area contributed by atoms with Crippen LogP contribution in [0.15, 0.2) is 45.3 Å². The predicted octanol–water partition coefficient (Wildman–Crippen LogP) is 4.48. The lowest BCUT2D eigenvalue weighted by atomic mass is 9.81. The first kappa shape index (κ1) is 24.4. The summed E-state index contributed by atoms with van der Waals surface area (Å²) in [7, 11) is 1.87. The summed E-state index contributed by atoms with van der Waals surface area (Å²) >= 11 is 1.30. The number of hydrogen-bond acceptors (Lipinski definition) is 4. The van der Waals surface area contributed by atoms with Crippen molar-refractivity contribution in [1.82, 2.24) is 14.0 Å². The normalized spacial score (nSPS) is 18.3. The van der Waals surface area contributed by atoms with Gasteiger partial charge in [-0.2, -0.15) is 0 Å². The first-order valence-electron chi connectivity index (χ1n) is 12.1. The van der Waals surface area contributed by atoms with Crippen LogP contribution in [0.3, 0.4) is 0 Å². The number of halogens is 1. The molecule has 0 spiro atoms. The van der Waals surface area contributed by atoms with Gasteiger partial charge < -0.3 is 4.90 Å². The van der Waals surface area contributed by atoms with Gasteiger partial charge in [0.05, 0.1) is 12.1 Å². The van der Waals surface area contributed by atoms with E-state index < -0.39 is 5.69 Å². The number of rotatable bonds is 8. The van der Waals surface area contributed by atoms with E-state index in [1.165, 1.54) is 26.5 Å². The zero-order chi connectivity index (χ0) is 24.2. The van der Waals surface area contributed by atoms with Crippen molar-refractivity contribution < 1.29 is 9.18 Å². The summed E-state index contributed by atoms with van der Waals surface area (Å²) in [6, 6.07) is 8.14. The van der Waals surface area contributed by atoms with E-state index in [0.717, 1.165) is 45.1 Å². The maximum Gasteiger partial charge on any atom is 0.331 e. The summed E-state index contributed by atoms with van der Waals surface area (Å²) in [6.07, 6.45) is 5.23. The molecule has 182 valence electrons. The van der Waals surface area contributed by atoms with Crippen molar-refractivity contribution in [3.63, 3.8) is 0 Å². The molecule has 1 saturated carbocycles. The van der Waals surface area contributed by atoms with Crippen LogP contribution in [0.2, 0.25) is 0 Å². The molecule has 0 radical (unpaired) electrons. The van der Waals surface area contributed by atoms with Gasteiger partial charge >= 0.3 is 5.69 Å². The quantitative estimate of drug-likeness (QED) is 0.473. The standard InChI is InChI=1S/C26H32FN3O3S/c1-3-4-14-28(2)24(31)19-11-9-18(10-12-19)16-30-25(32)23-22(13-15-34-23)29(26(30)33)17-20-7-5-6-8-21(20)27/h5-8,13,15,18-19H,3-4,9-12,14,16-17H2,1-2H3. The number of thiophene rings is 1. The maximum atomic E-state index is 14.3. The molecule has 34 heavy (non-hydrogen) atoms. The molecule has 1 aliphatic carbocycles.